The average molecular weight is 366 g/mol. The Labute approximate surface area is 159 Å². The van der Waals surface area contributed by atoms with Crippen molar-refractivity contribution in [2.75, 3.05) is 28.4 Å². The quantitative estimate of drug-likeness (QED) is 0.661. The summed E-state index contributed by atoms with van der Waals surface area (Å²) in [6.07, 6.45) is 0.951. The molecule has 1 aliphatic rings. The predicted molar refractivity (Wildman–Crippen MR) is 104 cm³/mol. The van der Waals surface area contributed by atoms with Gasteiger partial charge in [0.15, 0.2) is 35.2 Å². The topological polar surface area (TPSA) is 40.8 Å². The van der Waals surface area contributed by atoms with Gasteiger partial charge in [0.2, 0.25) is 5.69 Å². The number of nitrogens with zero attached hydrogens (tertiary/aromatic N) is 1. The Balaban J connectivity index is 2.00. The maximum absolute atomic E-state index is 5.53. The van der Waals surface area contributed by atoms with Crippen LogP contribution in [0.3, 0.4) is 0 Å². The van der Waals surface area contributed by atoms with Crippen LogP contribution in [0.1, 0.15) is 11.3 Å². The van der Waals surface area contributed by atoms with E-state index in [1.165, 1.54) is 27.9 Å². The molecule has 0 saturated carbocycles. The highest BCUT2D eigenvalue weighted by atomic mass is 16.5. The van der Waals surface area contributed by atoms with E-state index in [0.717, 1.165) is 41.3 Å². The van der Waals surface area contributed by atoms with Crippen molar-refractivity contribution in [3.8, 4) is 34.3 Å². The summed E-state index contributed by atoms with van der Waals surface area (Å²) in [6, 6.07) is 10.5. The van der Waals surface area contributed by atoms with Crippen LogP contribution in [-0.2, 0) is 13.0 Å². The third-order valence-electron chi connectivity index (χ3n) is 5.42. The second-order valence-electron chi connectivity index (χ2n) is 6.68. The molecule has 2 aromatic carbocycles. The van der Waals surface area contributed by atoms with Crippen LogP contribution in [0, 0.1) is 6.92 Å². The molecule has 0 fully saturated rings. The lowest BCUT2D eigenvalue weighted by atomic mass is 9.94. The zero-order valence-electron chi connectivity index (χ0n) is 16.4. The summed E-state index contributed by atoms with van der Waals surface area (Å²) in [5.74, 6) is 3.00. The second-order valence-corrected chi connectivity index (χ2v) is 6.68. The lowest BCUT2D eigenvalue weighted by molar-refractivity contribution is -0.692. The van der Waals surface area contributed by atoms with Gasteiger partial charge >= 0.3 is 0 Å². The number of benzene rings is 2. The van der Waals surface area contributed by atoms with Crippen molar-refractivity contribution < 1.29 is 23.5 Å². The van der Waals surface area contributed by atoms with Crippen molar-refractivity contribution >= 4 is 10.8 Å². The van der Waals surface area contributed by atoms with Gasteiger partial charge in [-0.05, 0) is 35.2 Å². The third kappa shape index (κ3) is 2.65. The van der Waals surface area contributed by atoms with Crippen LogP contribution in [0.25, 0.3) is 22.0 Å². The number of rotatable bonds is 4. The Bertz CT molecular complexity index is 1040. The molecule has 0 spiro atoms. The summed E-state index contributed by atoms with van der Waals surface area (Å²) in [7, 11) is 6.67. The molecule has 5 nitrogen and oxygen atoms in total. The number of ether oxygens (including phenoxy) is 4. The number of methoxy groups -OCH3 is 4. The summed E-state index contributed by atoms with van der Waals surface area (Å²) in [5, 5.41) is 2.29. The van der Waals surface area contributed by atoms with Crippen molar-refractivity contribution in [1.29, 1.82) is 0 Å². The lowest BCUT2D eigenvalue weighted by Gasteiger charge is -2.20. The molecule has 0 aliphatic carbocycles. The van der Waals surface area contributed by atoms with Crippen LogP contribution in [0.2, 0.25) is 0 Å². The molecule has 0 bridgehead atoms. The summed E-state index contributed by atoms with van der Waals surface area (Å²) in [5.41, 5.74) is 4.84. The number of aryl methyl sites for hydroxylation is 2. The van der Waals surface area contributed by atoms with Gasteiger partial charge in [-0.15, -0.1) is 0 Å². The van der Waals surface area contributed by atoms with Crippen LogP contribution in [0.4, 0.5) is 0 Å². The molecule has 3 aromatic rings. The number of hydrogen-bond donors (Lipinski definition) is 0. The minimum atomic E-state index is 0.734. The summed E-state index contributed by atoms with van der Waals surface area (Å²) < 4.78 is 24.4. The fourth-order valence-corrected chi connectivity index (χ4v) is 3.99. The minimum Gasteiger partial charge on any atom is -0.493 e. The zero-order valence-corrected chi connectivity index (χ0v) is 16.4. The van der Waals surface area contributed by atoms with E-state index in [9.17, 15) is 0 Å². The first-order valence-electron chi connectivity index (χ1n) is 8.95. The molecule has 27 heavy (non-hydrogen) atoms. The molecule has 1 aliphatic heterocycles. The molecule has 5 heteroatoms. The Hall–Kier alpha value is -2.95. The van der Waals surface area contributed by atoms with Crippen LogP contribution in [0.15, 0.2) is 30.3 Å². The zero-order chi connectivity index (χ0) is 19.1. The van der Waals surface area contributed by atoms with Gasteiger partial charge in [0.25, 0.3) is 0 Å². The maximum atomic E-state index is 5.53. The molecule has 0 radical (unpaired) electrons. The lowest BCUT2D eigenvalue weighted by Crippen LogP contribution is -2.43. The van der Waals surface area contributed by atoms with Crippen molar-refractivity contribution in [3.63, 3.8) is 0 Å². The average Bonchev–Trinajstić information content (AvgIpc) is 2.71. The van der Waals surface area contributed by atoms with E-state index in [-0.39, 0.29) is 0 Å². The Morgan fingerprint density at radius 3 is 2.00 bits per heavy atom. The number of aromatic nitrogens is 1. The largest absolute Gasteiger partial charge is 0.493 e. The van der Waals surface area contributed by atoms with Crippen LogP contribution < -0.4 is 23.5 Å². The Morgan fingerprint density at radius 1 is 0.741 bits per heavy atom. The molecule has 4 rings (SSSR count). The van der Waals surface area contributed by atoms with E-state index in [1.54, 1.807) is 28.4 Å². The Kier molecular flexibility index (Phi) is 4.30. The molecular formula is C22H24NO4+. The number of hydrogen-bond acceptors (Lipinski definition) is 4. The van der Waals surface area contributed by atoms with Gasteiger partial charge in [-0.25, -0.2) is 0 Å². The van der Waals surface area contributed by atoms with E-state index < -0.39 is 0 Å². The van der Waals surface area contributed by atoms with Gasteiger partial charge in [0.05, 0.1) is 39.4 Å². The predicted octanol–water partition coefficient (Wildman–Crippen LogP) is 3.69. The highest BCUT2D eigenvalue weighted by molar-refractivity contribution is 5.90. The van der Waals surface area contributed by atoms with E-state index in [1.807, 2.05) is 6.07 Å². The van der Waals surface area contributed by atoms with Crippen LogP contribution in [-0.4, -0.2) is 28.4 Å². The molecule has 0 amide bonds. The summed E-state index contributed by atoms with van der Waals surface area (Å²) >= 11 is 0. The highest BCUT2D eigenvalue weighted by Gasteiger charge is 2.28. The van der Waals surface area contributed by atoms with E-state index in [4.69, 9.17) is 18.9 Å². The fourth-order valence-electron chi connectivity index (χ4n) is 3.99. The molecule has 0 atom stereocenters. The molecule has 140 valence electrons. The van der Waals surface area contributed by atoms with Gasteiger partial charge < -0.3 is 18.9 Å². The maximum Gasteiger partial charge on any atom is 0.213 e. The minimum absolute atomic E-state index is 0.734. The molecule has 0 N–H and O–H groups in total. The highest BCUT2D eigenvalue weighted by Crippen LogP contribution is 2.39. The molecule has 0 saturated heterocycles. The fraction of sp³-hybridized carbons (Fsp3) is 0.318. The molecule has 2 heterocycles. The van der Waals surface area contributed by atoms with Crippen molar-refractivity contribution in [2.24, 2.45) is 0 Å². The van der Waals surface area contributed by atoms with E-state index in [0.29, 0.717) is 0 Å². The van der Waals surface area contributed by atoms with Gasteiger partial charge in [-0.2, -0.15) is 4.57 Å². The number of pyridine rings is 1. The van der Waals surface area contributed by atoms with E-state index in [2.05, 4.69) is 35.8 Å². The van der Waals surface area contributed by atoms with Crippen molar-refractivity contribution in [1.82, 2.24) is 0 Å². The molecule has 0 unspecified atom stereocenters. The van der Waals surface area contributed by atoms with E-state index >= 15 is 0 Å². The van der Waals surface area contributed by atoms with Gasteiger partial charge in [-0.3, -0.25) is 0 Å². The van der Waals surface area contributed by atoms with Gasteiger partial charge in [0.1, 0.15) is 0 Å². The molecular weight excluding hydrogens is 342 g/mol. The second kappa shape index (κ2) is 6.65. The Morgan fingerprint density at radius 2 is 1.33 bits per heavy atom. The monoisotopic (exact) mass is 366 g/mol. The third-order valence-corrected chi connectivity index (χ3v) is 5.42. The van der Waals surface area contributed by atoms with Crippen molar-refractivity contribution in [3.05, 3.63) is 41.6 Å². The number of fused-ring (bicyclic) bond motifs is 4. The summed E-state index contributed by atoms with van der Waals surface area (Å²) in [4.78, 5) is 0. The van der Waals surface area contributed by atoms with Crippen LogP contribution >= 0.6 is 0 Å². The standard InChI is InChI=1S/C22H24NO4/c1-13-16-11-21(26-4)20(25-3)10-15(16)8-18-17-12-22(27-5)19(24-2)9-14(17)6-7-23(13)18/h8-12H,6-7H2,1-5H3/q+1. The normalized spacial score (nSPS) is 12.3. The first-order valence-corrected chi connectivity index (χ1v) is 8.95. The molecule has 1 aromatic heterocycles. The first kappa shape index (κ1) is 17.5. The van der Waals surface area contributed by atoms with Crippen molar-refractivity contribution in [2.45, 2.75) is 19.9 Å². The SMILES string of the molecule is COc1cc2c(cc1OC)-c1cc3cc(OC)c(OC)cc3c(C)[n+]1CC2. The van der Waals surface area contributed by atoms with Gasteiger partial charge in [0, 0.05) is 19.4 Å². The first-order chi connectivity index (χ1) is 13.1. The van der Waals surface area contributed by atoms with Crippen LogP contribution in [0.5, 0.6) is 23.0 Å². The van der Waals surface area contributed by atoms with Gasteiger partial charge in [-0.1, -0.05) is 0 Å². The smallest absolute Gasteiger partial charge is 0.213 e. The summed E-state index contributed by atoms with van der Waals surface area (Å²) in [6.45, 7) is 3.08.